The van der Waals surface area contributed by atoms with E-state index < -0.39 is 29.4 Å². The van der Waals surface area contributed by atoms with Crippen LogP contribution >= 0.6 is 0 Å². The molecule has 0 aliphatic carbocycles. The predicted octanol–water partition coefficient (Wildman–Crippen LogP) is 2.70. The van der Waals surface area contributed by atoms with Crippen LogP contribution in [0.1, 0.15) is 47.2 Å². The van der Waals surface area contributed by atoms with Crippen LogP contribution in [0.25, 0.3) is 0 Å². The summed E-state index contributed by atoms with van der Waals surface area (Å²) in [5.74, 6) is 0. The fraction of sp³-hybridized carbons (Fsp3) is 0.647. The van der Waals surface area contributed by atoms with E-state index in [4.69, 9.17) is 9.47 Å². The summed E-state index contributed by atoms with van der Waals surface area (Å²) < 4.78 is 11.9. The molecule has 7 nitrogen and oxygen atoms in total. The van der Waals surface area contributed by atoms with Gasteiger partial charge in [0.1, 0.15) is 11.2 Å². The molecule has 0 aliphatic heterocycles. The number of hydrogen-bond acceptors (Lipinski definition) is 5. The summed E-state index contributed by atoms with van der Waals surface area (Å²) in [6, 6.07) is 2.88. The van der Waals surface area contributed by atoms with Crippen molar-refractivity contribution in [2.75, 3.05) is 6.61 Å². The first-order valence-electron chi connectivity index (χ1n) is 7.91. The molecule has 136 valence electrons. The molecule has 0 bridgehead atoms. The fourth-order valence-corrected chi connectivity index (χ4v) is 1.96. The number of ether oxygens (including phenoxy) is 2. The van der Waals surface area contributed by atoms with E-state index in [-0.39, 0.29) is 13.0 Å². The van der Waals surface area contributed by atoms with Crippen LogP contribution in [-0.2, 0) is 15.9 Å². The minimum atomic E-state index is -0.624. The van der Waals surface area contributed by atoms with E-state index in [1.807, 2.05) is 0 Å². The second kappa shape index (κ2) is 7.70. The van der Waals surface area contributed by atoms with Crippen molar-refractivity contribution in [1.82, 2.24) is 9.88 Å². The molecular weight excluding hydrogens is 312 g/mol. The number of amides is 1. The quantitative estimate of drug-likeness (QED) is 0.879. The van der Waals surface area contributed by atoms with E-state index in [9.17, 15) is 14.7 Å². The van der Waals surface area contributed by atoms with Gasteiger partial charge in [-0.05, 0) is 53.7 Å². The summed E-state index contributed by atoms with van der Waals surface area (Å²) in [5, 5.41) is 12.1. The summed E-state index contributed by atoms with van der Waals surface area (Å²) in [5.41, 5.74) is -0.607. The zero-order valence-electron chi connectivity index (χ0n) is 15.3. The molecular formula is C17H28N2O5. The topological polar surface area (TPSA) is 89.8 Å². The Morgan fingerprint density at radius 3 is 2.25 bits per heavy atom. The van der Waals surface area contributed by atoms with Crippen molar-refractivity contribution in [2.45, 2.75) is 65.2 Å². The van der Waals surface area contributed by atoms with E-state index in [1.54, 1.807) is 59.9 Å². The number of carbonyl (C=O) groups excluding carboxylic acids is 2. The van der Waals surface area contributed by atoms with Crippen molar-refractivity contribution >= 4 is 12.2 Å². The van der Waals surface area contributed by atoms with E-state index in [2.05, 4.69) is 5.32 Å². The van der Waals surface area contributed by atoms with Crippen LogP contribution in [0.2, 0.25) is 0 Å². The van der Waals surface area contributed by atoms with Gasteiger partial charge in [-0.25, -0.2) is 9.59 Å². The fourth-order valence-electron chi connectivity index (χ4n) is 1.96. The molecule has 7 heteroatoms. The Balaban J connectivity index is 2.75. The van der Waals surface area contributed by atoms with Gasteiger partial charge in [0.25, 0.3) is 0 Å². The van der Waals surface area contributed by atoms with Gasteiger partial charge in [-0.15, -0.1) is 0 Å². The first-order chi connectivity index (χ1) is 10.9. The average Bonchev–Trinajstić information content (AvgIpc) is 2.81. The Kier molecular flexibility index (Phi) is 6.42. The van der Waals surface area contributed by atoms with E-state index in [1.165, 1.54) is 4.57 Å². The van der Waals surface area contributed by atoms with Crippen LogP contribution in [0.3, 0.4) is 0 Å². The molecule has 0 unspecified atom stereocenters. The van der Waals surface area contributed by atoms with Crippen LogP contribution in [0.5, 0.6) is 0 Å². The molecule has 1 rings (SSSR count). The normalized spacial score (nSPS) is 13.3. The van der Waals surface area contributed by atoms with Gasteiger partial charge in [0, 0.05) is 18.3 Å². The van der Waals surface area contributed by atoms with Crippen molar-refractivity contribution < 1.29 is 24.2 Å². The van der Waals surface area contributed by atoms with Crippen molar-refractivity contribution in [2.24, 2.45) is 0 Å². The third-order valence-electron chi connectivity index (χ3n) is 2.82. The van der Waals surface area contributed by atoms with Crippen molar-refractivity contribution in [3.8, 4) is 0 Å². The van der Waals surface area contributed by atoms with Gasteiger partial charge >= 0.3 is 12.2 Å². The molecule has 0 aliphatic rings. The van der Waals surface area contributed by atoms with Crippen molar-refractivity contribution in [1.29, 1.82) is 0 Å². The Hall–Kier alpha value is -2.02. The van der Waals surface area contributed by atoms with E-state index >= 15 is 0 Å². The molecule has 0 aromatic carbocycles. The number of aliphatic hydroxyl groups excluding tert-OH is 1. The molecule has 1 amide bonds. The maximum atomic E-state index is 12.2. The van der Waals surface area contributed by atoms with Crippen LogP contribution in [0.15, 0.2) is 18.3 Å². The van der Waals surface area contributed by atoms with Crippen LogP contribution in [0, 0.1) is 0 Å². The highest BCUT2D eigenvalue weighted by atomic mass is 16.6. The second-order valence-electron chi connectivity index (χ2n) is 7.58. The van der Waals surface area contributed by atoms with Gasteiger partial charge < -0.3 is 19.9 Å². The summed E-state index contributed by atoms with van der Waals surface area (Å²) in [6.45, 7) is 10.4. The lowest BCUT2D eigenvalue weighted by Crippen LogP contribution is -2.42. The van der Waals surface area contributed by atoms with E-state index in [0.717, 1.165) is 0 Å². The zero-order valence-corrected chi connectivity index (χ0v) is 15.3. The number of alkyl carbamates (subject to hydrolysis) is 1. The maximum absolute atomic E-state index is 12.2. The third-order valence-corrected chi connectivity index (χ3v) is 2.82. The molecule has 0 saturated carbocycles. The first kappa shape index (κ1) is 20.0. The molecule has 24 heavy (non-hydrogen) atoms. The van der Waals surface area contributed by atoms with Crippen molar-refractivity contribution in [3.05, 3.63) is 24.0 Å². The SMILES string of the molecule is CC(C)(C)OC(=O)N[C@H](CO)Cc1cccn1C(=O)OC(C)(C)C. The minimum Gasteiger partial charge on any atom is -0.444 e. The molecule has 0 saturated heterocycles. The number of aliphatic hydroxyl groups is 1. The third kappa shape index (κ3) is 7.04. The monoisotopic (exact) mass is 340 g/mol. The highest BCUT2D eigenvalue weighted by molar-refractivity contribution is 5.72. The van der Waals surface area contributed by atoms with Gasteiger partial charge in [-0.3, -0.25) is 4.57 Å². The summed E-state index contributed by atoms with van der Waals surface area (Å²) in [6.07, 6.45) is 0.737. The molecule has 0 radical (unpaired) electrons. The van der Waals surface area contributed by atoms with Gasteiger partial charge in [-0.1, -0.05) is 0 Å². The van der Waals surface area contributed by atoms with Gasteiger partial charge in [0.05, 0.1) is 12.6 Å². The highest BCUT2D eigenvalue weighted by Crippen LogP contribution is 2.13. The average molecular weight is 340 g/mol. The summed E-state index contributed by atoms with van der Waals surface area (Å²) in [4.78, 5) is 24.0. The molecule has 1 heterocycles. The number of carbonyl (C=O) groups is 2. The smallest absolute Gasteiger partial charge is 0.418 e. The predicted molar refractivity (Wildman–Crippen MR) is 90.0 cm³/mol. The van der Waals surface area contributed by atoms with Crippen LogP contribution in [-0.4, -0.2) is 45.7 Å². The maximum Gasteiger partial charge on any atom is 0.418 e. The highest BCUT2D eigenvalue weighted by Gasteiger charge is 2.23. The summed E-state index contributed by atoms with van der Waals surface area (Å²) >= 11 is 0. The van der Waals surface area contributed by atoms with Gasteiger partial charge in [0.2, 0.25) is 0 Å². The number of aromatic nitrogens is 1. The molecule has 1 aromatic rings. The Bertz CT molecular complexity index is 566. The van der Waals surface area contributed by atoms with Crippen molar-refractivity contribution in [3.63, 3.8) is 0 Å². The van der Waals surface area contributed by atoms with Gasteiger partial charge in [0.15, 0.2) is 0 Å². The van der Waals surface area contributed by atoms with E-state index in [0.29, 0.717) is 5.69 Å². The molecule has 2 N–H and O–H groups in total. The lowest BCUT2D eigenvalue weighted by atomic mass is 10.1. The van der Waals surface area contributed by atoms with Crippen LogP contribution < -0.4 is 5.32 Å². The minimum absolute atomic E-state index is 0.266. The number of hydrogen-bond donors (Lipinski definition) is 2. The standard InChI is InChI=1S/C17H28N2O5/c1-16(2,3)23-14(21)18-12(11-20)10-13-8-7-9-19(13)15(22)24-17(4,5)6/h7-9,12,20H,10-11H2,1-6H3,(H,18,21)/t12-/m0/s1. The molecule has 0 spiro atoms. The van der Waals surface area contributed by atoms with Gasteiger partial charge in [-0.2, -0.15) is 0 Å². The Morgan fingerprint density at radius 1 is 1.17 bits per heavy atom. The zero-order chi connectivity index (χ0) is 18.5. The molecule has 1 atom stereocenters. The molecule has 1 aromatic heterocycles. The Morgan fingerprint density at radius 2 is 1.75 bits per heavy atom. The first-order valence-corrected chi connectivity index (χ1v) is 7.91. The number of nitrogens with one attached hydrogen (secondary N) is 1. The largest absolute Gasteiger partial charge is 0.444 e. The van der Waals surface area contributed by atoms with Crippen LogP contribution in [0.4, 0.5) is 9.59 Å². The number of nitrogens with zero attached hydrogens (tertiary/aromatic N) is 1. The lowest BCUT2D eigenvalue weighted by Gasteiger charge is -2.23. The Labute approximate surface area is 142 Å². The second-order valence-corrected chi connectivity index (χ2v) is 7.58. The number of rotatable bonds is 4. The lowest BCUT2D eigenvalue weighted by molar-refractivity contribution is 0.0482. The molecule has 0 fully saturated rings. The summed E-state index contributed by atoms with van der Waals surface area (Å²) in [7, 11) is 0.